The van der Waals surface area contributed by atoms with Crippen LogP contribution in [-0.2, 0) is 0 Å². The number of hydrogen-bond acceptors (Lipinski definition) is 4. The minimum absolute atomic E-state index is 0. The van der Waals surface area contributed by atoms with Crippen molar-refractivity contribution in [3.8, 4) is 11.3 Å². The van der Waals surface area contributed by atoms with Crippen LogP contribution in [-0.4, -0.2) is 26.7 Å². The number of aromatic amines is 1. The van der Waals surface area contributed by atoms with E-state index in [1.54, 1.807) is 12.4 Å². The van der Waals surface area contributed by atoms with Crippen LogP contribution in [0.2, 0.25) is 0 Å². The Bertz CT molecular complexity index is 1030. The SMILES string of the molecule is Cl.c1ccc(N(CC2CC2)c2ccc3ncc(-c4cn[nH]c4)nc3c2)cc1. The van der Waals surface area contributed by atoms with E-state index in [0.29, 0.717) is 0 Å². The molecule has 27 heavy (non-hydrogen) atoms. The number of H-pyrrole nitrogens is 1. The number of para-hydroxylation sites is 1. The molecule has 0 atom stereocenters. The van der Waals surface area contributed by atoms with Crippen molar-refractivity contribution < 1.29 is 0 Å². The summed E-state index contributed by atoms with van der Waals surface area (Å²) in [7, 11) is 0. The van der Waals surface area contributed by atoms with E-state index in [-0.39, 0.29) is 12.4 Å². The van der Waals surface area contributed by atoms with Crippen LogP contribution in [0.25, 0.3) is 22.3 Å². The molecule has 1 fully saturated rings. The molecule has 0 radical (unpaired) electrons. The lowest BCUT2D eigenvalue weighted by Gasteiger charge is -2.25. The molecule has 1 aliphatic carbocycles. The highest BCUT2D eigenvalue weighted by Crippen LogP contribution is 2.36. The molecule has 6 heteroatoms. The summed E-state index contributed by atoms with van der Waals surface area (Å²) in [6.45, 7) is 1.05. The number of fused-ring (bicyclic) bond motifs is 1. The van der Waals surface area contributed by atoms with E-state index < -0.39 is 0 Å². The van der Waals surface area contributed by atoms with Gasteiger partial charge in [-0.3, -0.25) is 10.1 Å². The third-order valence-corrected chi connectivity index (χ3v) is 4.84. The Hall–Kier alpha value is -2.92. The highest BCUT2D eigenvalue weighted by atomic mass is 35.5. The fourth-order valence-electron chi connectivity index (χ4n) is 3.22. The molecule has 2 aromatic heterocycles. The van der Waals surface area contributed by atoms with E-state index in [0.717, 1.165) is 40.4 Å². The second kappa shape index (κ2) is 7.37. The van der Waals surface area contributed by atoms with Crippen molar-refractivity contribution in [2.75, 3.05) is 11.4 Å². The topological polar surface area (TPSA) is 57.7 Å². The summed E-state index contributed by atoms with van der Waals surface area (Å²) >= 11 is 0. The van der Waals surface area contributed by atoms with Gasteiger partial charge < -0.3 is 4.90 Å². The van der Waals surface area contributed by atoms with Crippen molar-refractivity contribution >= 4 is 34.8 Å². The average Bonchev–Trinajstić information content (AvgIpc) is 3.35. The second-order valence-corrected chi connectivity index (χ2v) is 6.80. The first-order chi connectivity index (χ1) is 12.9. The van der Waals surface area contributed by atoms with Gasteiger partial charge in [0.25, 0.3) is 0 Å². The standard InChI is InChI=1S/C21H19N5.ClH/c1-2-4-17(5-3-1)26(14-15-6-7-15)18-8-9-19-20(10-18)25-21(13-22-19)16-11-23-24-12-16;/h1-5,8-13,15H,6-7,14H2,(H,23,24);1H. The molecule has 2 heterocycles. The normalized spacial score (nSPS) is 13.3. The fourth-order valence-corrected chi connectivity index (χ4v) is 3.22. The summed E-state index contributed by atoms with van der Waals surface area (Å²) in [6.07, 6.45) is 8.04. The van der Waals surface area contributed by atoms with Gasteiger partial charge in [0.2, 0.25) is 0 Å². The smallest absolute Gasteiger partial charge is 0.0924 e. The number of anilines is 2. The average molecular weight is 378 g/mol. The zero-order valence-electron chi connectivity index (χ0n) is 14.7. The predicted molar refractivity (Wildman–Crippen MR) is 111 cm³/mol. The molecule has 5 rings (SSSR count). The first-order valence-electron chi connectivity index (χ1n) is 8.95. The van der Waals surface area contributed by atoms with Gasteiger partial charge in [0, 0.05) is 29.7 Å². The van der Waals surface area contributed by atoms with Gasteiger partial charge in [-0.25, -0.2) is 4.98 Å². The fraction of sp³-hybridized carbons (Fsp3) is 0.190. The highest BCUT2D eigenvalue weighted by Gasteiger charge is 2.25. The molecule has 2 aromatic carbocycles. The molecule has 5 nitrogen and oxygen atoms in total. The van der Waals surface area contributed by atoms with Crippen molar-refractivity contribution in [1.82, 2.24) is 20.2 Å². The highest BCUT2D eigenvalue weighted by molar-refractivity contribution is 5.85. The first kappa shape index (κ1) is 17.5. The van der Waals surface area contributed by atoms with Gasteiger partial charge in [-0.2, -0.15) is 5.10 Å². The lowest BCUT2D eigenvalue weighted by Crippen LogP contribution is -2.19. The van der Waals surface area contributed by atoms with Crippen LogP contribution in [0.1, 0.15) is 12.8 Å². The Balaban J connectivity index is 0.00000180. The molecule has 136 valence electrons. The van der Waals surface area contributed by atoms with Crippen LogP contribution < -0.4 is 4.90 Å². The van der Waals surface area contributed by atoms with Gasteiger partial charge in [-0.1, -0.05) is 18.2 Å². The Kier molecular flexibility index (Phi) is 4.77. The predicted octanol–water partition coefficient (Wildman–Crippen LogP) is 4.99. The maximum atomic E-state index is 4.80. The third kappa shape index (κ3) is 3.64. The molecule has 0 amide bonds. The Labute approximate surface area is 163 Å². The van der Waals surface area contributed by atoms with Gasteiger partial charge in [0.1, 0.15) is 0 Å². The van der Waals surface area contributed by atoms with E-state index in [9.17, 15) is 0 Å². The van der Waals surface area contributed by atoms with Crippen LogP contribution in [0.5, 0.6) is 0 Å². The summed E-state index contributed by atoms with van der Waals surface area (Å²) in [5.41, 5.74) is 5.96. The zero-order chi connectivity index (χ0) is 17.3. The number of nitrogens with zero attached hydrogens (tertiary/aromatic N) is 4. The molecule has 1 saturated carbocycles. The van der Waals surface area contributed by atoms with Crippen LogP contribution in [0, 0.1) is 5.92 Å². The maximum absolute atomic E-state index is 4.80. The van der Waals surface area contributed by atoms with E-state index in [1.807, 2.05) is 6.20 Å². The quantitative estimate of drug-likeness (QED) is 0.532. The van der Waals surface area contributed by atoms with Crippen LogP contribution in [0.3, 0.4) is 0 Å². The molecular weight excluding hydrogens is 358 g/mol. The second-order valence-electron chi connectivity index (χ2n) is 6.80. The molecule has 0 saturated heterocycles. The summed E-state index contributed by atoms with van der Waals surface area (Å²) < 4.78 is 0. The molecule has 1 aliphatic rings. The molecule has 0 unspecified atom stereocenters. The van der Waals surface area contributed by atoms with Crippen LogP contribution in [0.15, 0.2) is 67.1 Å². The van der Waals surface area contributed by atoms with Crippen molar-refractivity contribution in [2.24, 2.45) is 5.92 Å². The zero-order valence-corrected chi connectivity index (χ0v) is 15.6. The maximum Gasteiger partial charge on any atom is 0.0924 e. The Morgan fingerprint density at radius 2 is 1.81 bits per heavy atom. The minimum atomic E-state index is 0. The molecular formula is C21H20ClN5. The number of rotatable bonds is 5. The molecule has 0 aliphatic heterocycles. The van der Waals surface area contributed by atoms with Crippen molar-refractivity contribution in [3.05, 3.63) is 67.1 Å². The van der Waals surface area contributed by atoms with E-state index in [1.165, 1.54) is 18.5 Å². The van der Waals surface area contributed by atoms with Crippen LogP contribution in [0.4, 0.5) is 11.4 Å². The van der Waals surface area contributed by atoms with Gasteiger partial charge in [0.05, 0.1) is 29.1 Å². The molecule has 0 spiro atoms. The number of hydrogen-bond donors (Lipinski definition) is 1. The van der Waals surface area contributed by atoms with Gasteiger partial charge in [-0.15, -0.1) is 12.4 Å². The summed E-state index contributed by atoms with van der Waals surface area (Å²) in [4.78, 5) is 11.8. The molecule has 0 bridgehead atoms. The van der Waals surface area contributed by atoms with Crippen molar-refractivity contribution in [2.45, 2.75) is 12.8 Å². The molecule has 1 N–H and O–H groups in total. The third-order valence-electron chi connectivity index (χ3n) is 4.84. The number of benzene rings is 2. The monoisotopic (exact) mass is 377 g/mol. The first-order valence-corrected chi connectivity index (χ1v) is 8.95. The van der Waals surface area contributed by atoms with Gasteiger partial charge >= 0.3 is 0 Å². The Morgan fingerprint density at radius 3 is 2.56 bits per heavy atom. The van der Waals surface area contributed by atoms with E-state index in [2.05, 4.69) is 68.6 Å². The number of aromatic nitrogens is 4. The largest absolute Gasteiger partial charge is 0.341 e. The van der Waals surface area contributed by atoms with E-state index >= 15 is 0 Å². The van der Waals surface area contributed by atoms with Gasteiger partial charge in [0.15, 0.2) is 0 Å². The lowest BCUT2D eigenvalue weighted by atomic mass is 10.2. The minimum Gasteiger partial charge on any atom is -0.341 e. The summed E-state index contributed by atoms with van der Waals surface area (Å²) in [6, 6.07) is 16.9. The number of halogens is 1. The van der Waals surface area contributed by atoms with Gasteiger partial charge in [-0.05, 0) is 49.1 Å². The van der Waals surface area contributed by atoms with Crippen LogP contribution >= 0.6 is 12.4 Å². The molecule has 4 aromatic rings. The van der Waals surface area contributed by atoms with Crippen molar-refractivity contribution in [3.63, 3.8) is 0 Å². The van der Waals surface area contributed by atoms with Crippen molar-refractivity contribution in [1.29, 1.82) is 0 Å². The summed E-state index contributed by atoms with van der Waals surface area (Å²) in [5, 5.41) is 6.83. The van der Waals surface area contributed by atoms with E-state index in [4.69, 9.17) is 4.98 Å². The Morgan fingerprint density at radius 1 is 0.963 bits per heavy atom. The summed E-state index contributed by atoms with van der Waals surface area (Å²) in [5.74, 6) is 0.786. The lowest BCUT2D eigenvalue weighted by molar-refractivity contribution is 0.814. The number of nitrogens with one attached hydrogen (secondary N) is 1.